The molecule has 4 radical (unpaired) electrons. The Balaban J connectivity index is 0. The van der Waals surface area contributed by atoms with Crippen LogP contribution in [-0.2, 0) is 13.3 Å². The maximum absolute atomic E-state index is 5.36. The van der Waals surface area contributed by atoms with Crippen LogP contribution in [0.4, 0.5) is 0 Å². The zero-order valence-electron chi connectivity index (χ0n) is 7.92. The molecule has 0 atom stereocenters. The third kappa shape index (κ3) is 4.78. The van der Waals surface area contributed by atoms with Crippen molar-refractivity contribution in [3.63, 3.8) is 0 Å². The van der Waals surface area contributed by atoms with Crippen molar-refractivity contribution >= 4 is 32.7 Å². The van der Waals surface area contributed by atoms with Gasteiger partial charge >= 0.3 is 8.80 Å². The predicted octanol–water partition coefficient (Wildman–Crippen LogP) is -0.167. The molecule has 0 heterocycles. The van der Waals surface area contributed by atoms with Crippen molar-refractivity contribution < 1.29 is 13.3 Å². The van der Waals surface area contributed by atoms with Gasteiger partial charge in [-0.05, 0) is 13.0 Å². The zero-order valence-corrected chi connectivity index (χ0v) is 11.8. The molecule has 12 heavy (non-hydrogen) atoms. The van der Waals surface area contributed by atoms with Crippen LogP contribution in [0.1, 0.15) is 6.42 Å². The molecule has 0 bridgehead atoms. The van der Waals surface area contributed by atoms with Crippen molar-refractivity contribution in [2.45, 2.75) is 12.5 Å². The van der Waals surface area contributed by atoms with E-state index in [1.54, 1.807) is 21.3 Å². The van der Waals surface area contributed by atoms with E-state index in [1.165, 1.54) is 0 Å². The molecule has 4 nitrogen and oxygen atoms in total. The molecule has 0 aromatic rings. The molecular formula is C6H17NO3SiSn. The molecule has 0 aromatic carbocycles. The summed E-state index contributed by atoms with van der Waals surface area (Å²) in [4.78, 5) is 0. The van der Waals surface area contributed by atoms with Crippen LogP contribution in [0, 0.1) is 0 Å². The SMILES string of the molecule is CO[Si](CCCN)(OC)OC.[Sn]. The molecule has 0 saturated heterocycles. The average molecular weight is 298 g/mol. The Bertz CT molecular complexity index is 94.5. The smallest absolute Gasteiger partial charge is 0.377 e. The minimum atomic E-state index is -2.32. The van der Waals surface area contributed by atoms with Crippen LogP contribution in [0.15, 0.2) is 0 Å². The maximum Gasteiger partial charge on any atom is 0.500 e. The molecule has 6 heteroatoms. The van der Waals surface area contributed by atoms with Gasteiger partial charge in [0.15, 0.2) is 0 Å². The standard InChI is InChI=1S/C6H17NO3Si.Sn/c1-8-11(9-2,10-3)6-4-5-7;/h4-7H2,1-3H3;. The van der Waals surface area contributed by atoms with E-state index in [0.717, 1.165) is 12.5 Å². The Kier molecular flexibility index (Phi) is 10.8. The van der Waals surface area contributed by atoms with Gasteiger partial charge in [0.2, 0.25) is 0 Å². The summed E-state index contributed by atoms with van der Waals surface area (Å²) in [6.45, 7) is 0.644. The van der Waals surface area contributed by atoms with Crippen molar-refractivity contribution in [3.8, 4) is 0 Å². The molecule has 0 aliphatic rings. The van der Waals surface area contributed by atoms with Crippen LogP contribution in [-0.4, -0.2) is 60.6 Å². The van der Waals surface area contributed by atoms with Crippen LogP contribution in [0.5, 0.6) is 0 Å². The van der Waals surface area contributed by atoms with Crippen LogP contribution in [0.3, 0.4) is 0 Å². The van der Waals surface area contributed by atoms with Crippen LogP contribution in [0.2, 0.25) is 6.04 Å². The Labute approximate surface area is 92.1 Å². The average Bonchev–Trinajstić information content (AvgIpc) is 2.08. The summed E-state index contributed by atoms with van der Waals surface area (Å²) in [6, 6.07) is 0.785. The quantitative estimate of drug-likeness (QED) is 0.692. The first kappa shape index (κ1) is 15.3. The summed E-state index contributed by atoms with van der Waals surface area (Å²) in [6.07, 6.45) is 0.877. The Hall–Kier alpha value is 0.856. The van der Waals surface area contributed by atoms with Crippen molar-refractivity contribution in [1.29, 1.82) is 0 Å². The van der Waals surface area contributed by atoms with Gasteiger partial charge in [-0.2, -0.15) is 0 Å². The second-order valence-corrected chi connectivity index (χ2v) is 5.28. The normalized spacial score (nSPS) is 11.0. The second-order valence-electron chi connectivity index (χ2n) is 2.19. The molecule has 0 rings (SSSR count). The van der Waals surface area contributed by atoms with E-state index in [9.17, 15) is 0 Å². The van der Waals surface area contributed by atoms with E-state index in [0.29, 0.717) is 6.54 Å². The van der Waals surface area contributed by atoms with Crippen LogP contribution >= 0.6 is 0 Å². The van der Waals surface area contributed by atoms with Gasteiger partial charge in [0, 0.05) is 51.3 Å². The van der Waals surface area contributed by atoms with E-state index < -0.39 is 8.80 Å². The number of rotatable bonds is 6. The monoisotopic (exact) mass is 299 g/mol. The number of hydrogen-bond donors (Lipinski definition) is 1. The van der Waals surface area contributed by atoms with Gasteiger partial charge in [-0.3, -0.25) is 0 Å². The minimum absolute atomic E-state index is 0. The molecule has 72 valence electrons. The van der Waals surface area contributed by atoms with Gasteiger partial charge in [-0.25, -0.2) is 0 Å². The van der Waals surface area contributed by atoms with Crippen molar-refractivity contribution in [1.82, 2.24) is 0 Å². The summed E-state index contributed by atoms with van der Waals surface area (Å²) in [5.41, 5.74) is 5.36. The van der Waals surface area contributed by atoms with Gasteiger partial charge in [0.25, 0.3) is 0 Å². The van der Waals surface area contributed by atoms with Gasteiger partial charge < -0.3 is 19.0 Å². The first-order chi connectivity index (χ1) is 5.24. The fraction of sp³-hybridized carbons (Fsp3) is 1.00. The molecule has 0 unspecified atom stereocenters. The van der Waals surface area contributed by atoms with E-state index in [1.807, 2.05) is 0 Å². The fourth-order valence-electron chi connectivity index (χ4n) is 0.875. The summed E-state index contributed by atoms with van der Waals surface area (Å²) in [5, 5.41) is 0. The van der Waals surface area contributed by atoms with Crippen molar-refractivity contribution in [2.75, 3.05) is 27.9 Å². The molecule has 0 aliphatic carbocycles. The third-order valence-electron chi connectivity index (χ3n) is 1.62. The molecule has 0 spiro atoms. The summed E-state index contributed by atoms with van der Waals surface area (Å²) in [7, 11) is 2.50. The minimum Gasteiger partial charge on any atom is -0.377 e. The molecule has 0 fully saturated rings. The molecule has 2 N–H and O–H groups in total. The molecule has 0 aromatic heterocycles. The summed E-state index contributed by atoms with van der Waals surface area (Å²) >= 11 is 0. The van der Waals surface area contributed by atoms with Crippen molar-refractivity contribution in [3.05, 3.63) is 0 Å². The molecule has 0 aliphatic heterocycles. The first-order valence-electron chi connectivity index (χ1n) is 3.60. The van der Waals surface area contributed by atoms with Crippen LogP contribution < -0.4 is 5.73 Å². The zero-order chi connectivity index (χ0) is 8.74. The molecule has 0 saturated carbocycles. The van der Waals surface area contributed by atoms with E-state index in [2.05, 4.69) is 0 Å². The van der Waals surface area contributed by atoms with Gasteiger partial charge in [-0.15, -0.1) is 0 Å². The third-order valence-corrected chi connectivity index (χ3v) is 4.45. The van der Waals surface area contributed by atoms with Crippen molar-refractivity contribution in [2.24, 2.45) is 5.73 Å². The number of nitrogens with two attached hydrogens (primary N) is 1. The van der Waals surface area contributed by atoms with E-state index in [-0.39, 0.29) is 23.9 Å². The fourth-order valence-corrected chi connectivity index (χ4v) is 2.62. The Morgan fingerprint density at radius 1 is 1.08 bits per heavy atom. The Morgan fingerprint density at radius 2 is 1.50 bits per heavy atom. The topological polar surface area (TPSA) is 53.7 Å². The first-order valence-corrected chi connectivity index (χ1v) is 5.53. The van der Waals surface area contributed by atoms with Gasteiger partial charge in [0.1, 0.15) is 0 Å². The van der Waals surface area contributed by atoms with Crippen LogP contribution in [0.25, 0.3) is 0 Å². The van der Waals surface area contributed by atoms with Gasteiger partial charge in [0.05, 0.1) is 0 Å². The molecular weight excluding hydrogens is 281 g/mol. The largest absolute Gasteiger partial charge is 0.500 e. The van der Waals surface area contributed by atoms with E-state index >= 15 is 0 Å². The second kappa shape index (κ2) is 8.45. The Morgan fingerprint density at radius 3 is 1.75 bits per heavy atom. The summed E-state index contributed by atoms with van der Waals surface area (Å²) in [5.74, 6) is 0. The maximum atomic E-state index is 5.36. The predicted molar refractivity (Wildman–Crippen MR) is 51.0 cm³/mol. The van der Waals surface area contributed by atoms with E-state index in [4.69, 9.17) is 19.0 Å². The number of hydrogen-bond acceptors (Lipinski definition) is 4. The molecule has 0 amide bonds. The summed E-state index contributed by atoms with van der Waals surface area (Å²) < 4.78 is 15.5. The van der Waals surface area contributed by atoms with Gasteiger partial charge in [-0.1, -0.05) is 0 Å².